The molecule has 10 rings (SSSR count). The number of aryl methyl sites for hydroxylation is 1. The second kappa shape index (κ2) is 10.6. The summed E-state index contributed by atoms with van der Waals surface area (Å²) in [5, 5.41) is 12.5. The maximum Gasteiger partial charge on any atom is 0.123 e. The van der Waals surface area contributed by atoms with E-state index < -0.39 is 0 Å². The van der Waals surface area contributed by atoms with Crippen LogP contribution in [0.4, 0.5) is 4.39 Å². The number of hydrogen-bond donors (Lipinski definition) is 0. The fourth-order valence-corrected chi connectivity index (χ4v) is 7.90. The Hall–Kier alpha value is -6.25. The fourth-order valence-electron chi connectivity index (χ4n) is 7.90. The normalized spacial score (nSPS) is 11.9. The Morgan fingerprint density at radius 2 is 0.939 bits per heavy atom. The van der Waals surface area contributed by atoms with Crippen LogP contribution in [-0.4, -0.2) is 4.57 Å². The third-order valence-corrected chi connectivity index (χ3v) is 10.3. The minimum absolute atomic E-state index is 0.219. The van der Waals surface area contributed by atoms with Gasteiger partial charge >= 0.3 is 0 Å². The summed E-state index contributed by atoms with van der Waals surface area (Å²) in [7, 11) is 0. The van der Waals surface area contributed by atoms with E-state index in [0.29, 0.717) is 0 Å². The summed E-state index contributed by atoms with van der Waals surface area (Å²) in [5.41, 5.74) is 9.32. The first-order chi connectivity index (χ1) is 24.1. The molecule has 0 bridgehead atoms. The molecule has 230 valence electrons. The Morgan fingerprint density at radius 1 is 0.388 bits per heavy atom. The van der Waals surface area contributed by atoms with Crippen molar-refractivity contribution in [3.05, 3.63) is 175 Å². The van der Waals surface area contributed by atoms with Gasteiger partial charge in [-0.1, -0.05) is 115 Å². The van der Waals surface area contributed by atoms with Crippen LogP contribution in [0.25, 0.3) is 92.8 Å². The summed E-state index contributed by atoms with van der Waals surface area (Å²) in [6.07, 6.45) is 0. The van der Waals surface area contributed by atoms with Gasteiger partial charge in [0.25, 0.3) is 0 Å². The van der Waals surface area contributed by atoms with Crippen molar-refractivity contribution in [3.8, 4) is 27.9 Å². The van der Waals surface area contributed by atoms with Crippen molar-refractivity contribution >= 4 is 64.9 Å². The molecule has 1 heterocycles. The summed E-state index contributed by atoms with van der Waals surface area (Å²) >= 11 is 0. The SMILES string of the molecule is Cc1ccc(-n2c3ccccc3c3c4c(ccc32)c2ccccc2c2cc(-c3ccc5cc(-c6ccc(F)cc6)ccc5c3)ccc24)cc1. The molecule has 1 aromatic heterocycles. The van der Waals surface area contributed by atoms with Crippen LogP contribution >= 0.6 is 0 Å². The molecule has 0 radical (unpaired) electrons. The van der Waals surface area contributed by atoms with E-state index >= 15 is 0 Å². The number of fused-ring (bicyclic) bond motifs is 11. The number of rotatable bonds is 3. The first-order valence-corrected chi connectivity index (χ1v) is 16.8. The van der Waals surface area contributed by atoms with E-state index in [1.807, 2.05) is 12.1 Å². The fraction of sp³-hybridized carbons (Fsp3) is 0.0213. The van der Waals surface area contributed by atoms with Gasteiger partial charge in [-0.3, -0.25) is 0 Å². The highest BCUT2D eigenvalue weighted by atomic mass is 19.1. The van der Waals surface area contributed by atoms with Crippen molar-refractivity contribution in [1.82, 2.24) is 4.57 Å². The van der Waals surface area contributed by atoms with E-state index in [0.717, 1.165) is 16.5 Å². The third kappa shape index (κ3) is 4.31. The lowest BCUT2D eigenvalue weighted by Crippen LogP contribution is -1.93. The van der Waals surface area contributed by atoms with Crippen molar-refractivity contribution in [2.45, 2.75) is 6.92 Å². The summed E-state index contributed by atoms with van der Waals surface area (Å²) in [6, 6.07) is 58.0. The lowest BCUT2D eigenvalue weighted by Gasteiger charge is -2.14. The molecule has 1 nitrogen and oxygen atoms in total. The largest absolute Gasteiger partial charge is 0.309 e. The first-order valence-electron chi connectivity index (χ1n) is 16.8. The molecule has 0 aliphatic carbocycles. The highest BCUT2D eigenvalue weighted by Crippen LogP contribution is 2.44. The van der Waals surface area contributed by atoms with E-state index in [9.17, 15) is 4.39 Å². The summed E-state index contributed by atoms with van der Waals surface area (Å²) in [4.78, 5) is 0. The summed E-state index contributed by atoms with van der Waals surface area (Å²) < 4.78 is 15.9. The second-order valence-corrected chi connectivity index (χ2v) is 13.2. The summed E-state index contributed by atoms with van der Waals surface area (Å²) in [6.45, 7) is 2.14. The zero-order chi connectivity index (χ0) is 32.6. The van der Waals surface area contributed by atoms with Gasteiger partial charge in [-0.15, -0.1) is 0 Å². The van der Waals surface area contributed by atoms with Gasteiger partial charge in [0.15, 0.2) is 0 Å². The van der Waals surface area contributed by atoms with Crippen LogP contribution in [0.15, 0.2) is 164 Å². The van der Waals surface area contributed by atoms with Crippen molar-refractivity contribution in [2.24, 2.45) is 0 Å². The van der Waals surface area contributed by atoms with Gasteiger partial charge in [0.1, 0.15) is 5.82 Å². The van der Waals surface area contributed by atoms with E-state index in [4.69, 9.17) is 0 Å². The molecule has 0 N–H and O–H groups in total. The second-order valence-electron chi connectivity index (χ2n) is 13.2. The number of hydrogen-bond acceptors (Lipinski definition) is 0. The predicted octanol–water partition coefficient (Wildman–Crippen LogP) is 13.2. The zero-order valence-electron chi connectivity index (χ0n) is 26.9. The zero-order valence-corrected chi connectivity index (χ0v) is 26.9. The topological polar surface area (TPSA) is 4.93 Å². The molecular weight excluding hydrogens is 598 g/mol. The van der Waals surface area contributed by atoms with Gasteiger partial charge in [-0.25, -0.2) is 4.39 Å². The van der Waals surface area contributed by atoms with Gasteiger partial charge in [0.2, 0.25) is 0 Å². The number of para-hydroxylation sites is 1. The van der Waals surface area contributed by atoms with Crippen molar-refractivity contribution < 1.29 is 4.39 Å². The van der Waals surface area contributed by atoms with E-state index in [1.54, 1.807) is 0 Å². The molecule has 0 aliphatic heterocycles. The standard InChI is InChI=1S/C47H30FN/c1-29-10-21-37(22-11-29)49-44-9-5-4-8-42(44)47-45(49)25-24-40-38-6-2-3-7-39(38)43-28-35(18-23-41(43)46(40)47)34-15-14-32-26-31(12-13-33(32)27-34)30-16-19-36(48)20-17-30/h2-28H,1H3. The van der Waals surface area contributed by atoms with Crippen molar-refractivity contribution in [3.63, 3.8) is 0 Å². The maximum atomic E-state index is 13.5. The van der Waals surface area contributed by atoms with E-state index in [2.05, 4.69) is 151 Å². The summed E-state index contributed by atoms with van der Waals surface area (Å²) in [5.74, 6) is -0.219. The van der Waals surface area contributed by atoms with Crippen LogP contribution in [0.3, 0.4) is 0 Å². The van der Waals surface area contributed by atoms with Crippen LogP contribution in [0.2, 0.25) is 0 Å². The lowest BCUT2D eigenvalue weighted by molar-refractivity contribution is 0.628. The number of benzene rings is 9. The molecule has 49 heavy (non-hydrogen) atoms. The van der Waals surface area contributed by atoms with Gasteiger partial charge < -0.3 is 4.57 Å². The Labute approximate surface area is 283 Å². The molecule has 0 spiro atoms. The highest BCUT2D eigenvalue weighted by molar-refractivity contribution is 6.35. The number of nitrogens with zero attached hydrogens (tertiary/aromatic N) is 1. The smallest absolute Gasteiger partial charge is 0.123 e. The molecule has 9 aromatic carbocycles. The average molecular weight is 628 g/mol. The molecular formula is C47H30FN. The monoisotopic (exact) mass is 627 g/mol. The molecule has 0 saturated heterocycles. The minimum Gasteiger partial charge on any atom is -0.309 e. The van der Waals surface area contributed by atoms with Gasteiger partial charge in [0, 0.05) is 21.8 Å². The molecule has 0 fully saturated rings. The molecule has 2 heteroatoms. The third-order valence-electron chi connectivity index (χ3n) is 10.3. The first kappa shape index (κ1) is 27.8. The number of aromatic nitrogens is 1. The molecule has 0 amide bonds. The predicted molar refractivity (Wildman–Crippen MR) is 206 cm³/mol. The minimum atomic E-state index is -0.219. The van der Waals surface area contributed by atoms with Gasteiger partial charge in [-0.2, -0.15) is 0 Å². The van der Waals surface area contributed by atoms with Crippen LogP contribution in [-0.2, 0) is 0 Å². The Bertz CT molecular complexity index is 2930. The quantitative estimate of drug-likeness (QED) is 0.172. The highest BCUT2D eigenvalue weighted by Gasteiger charge is 2.19. The molecule has 0 atom stereocenters. The Kier molecular flexibility index (Phi) is 6.04. The number of halogens is 1. The molecule has 10 aromatic rings. The van der Waals surface area contributed by atoms with Crippen LogP contribution in [0.1, 0.15) is 5.56 Å². The Balaban J connectivity index is 1.21. The van der Waals surface area contributed by atoms with Crippen molar-refractivity contribution in [2.75, 3.05) is 0 Å². The molecule has 0 unspecified atom stereocenters. The lowest BCUT2D eigenvalue weighted by atomic mass is 9.89. The molecule has 0 saturated carbocycles. The maximum absolute atomic E-state index is 13.5. The average Bonchev–Trinajstić information content (AvgIpc) is 3.49. The van der Waals surface area contributed by atoms with E-state index in [1.165, 1.54) is 94.0 Å². The molecule has 0 aliphatic rings. The van der Waals surface area contributed by atoms with Crippen LogP contribution in [0, 0.1) is 12.7 Å². The van der Waals surface area contributed by atoms with E-state index in [-0.39, 0.29) is 5.82 Å². The van der Waals surface area contributed by atoms with Gasteiger partial charge in [-0.05, 0) is 121 Å². The van der Waals surface area contributed by atoms with Crippen LogP contribution in [0.5, 0.6) is 0 Å². The Morgan fingerprint density at radius 3 is 1.67 bits per heavy atom. The van der Waals surface area contributed by atoms with Gasteiger partial charge in [0.05, 0.1) is 11.0 Å². The van der Waals surface area contributed by atoms with Crippen molar-refractivity contribution in [1.29, 1.82) is 0 Å². The van der Waals surface area contributed by atoms with Crippen LogP contribution < -0.4 is 0 Å².